The van der Waals surface area contributed by atoms with Crippen molar-refractivity contribution >= 4 is 0 Å². The van der Waals surface area contributed by atoms with Crippen molar-refractivity contribution in [2.45, 2.75) is 6.42 Å². The minimum Gasteiger partial charge on any atom is -0.394 e. The van der Waals surface area contributed by atoms with Gasteiger partial charge in [-0.25, -0.2) is 0 Å². The largest absolute Gasteiger partial charge is 0.394 e. The highest BCUT2D eigenvalue weighted by atomic mass is 16.5. The van der Waals surface area contributed by atoms with Gasteiger partial charge in [0, 0.05) is 12.5 Å². The molecule has 3 nitrogen and oxygen atoms in total. The predicted octanol–water partition coefficient (Wildman–Crippen LogP) is 0.0318. The first-order valence-corrected chi connectivity index (χ1v) is 3.70. The molecule has 0 spiro atoms. The lowest BCUT2D eigenvalue weighted by atomic mass is 10.1. The van der Waals surface area contributed by atoms with E-state index in [1.807, 2.05) is 0 Å². The van der Waals surface area contributed by atoms with Crippen LogP contribution in [-0.2, 0) is 9.47 Å². The van der Waals surface area contributed by atoms with Crippen molar-refractivity contribution in [2.24, 2.45) is 5.92 Å². The fourth-order valence-corrected chi connectivity index (χ4v) is 1.03. The van der Waals surface area contributed by atoms with E-state index in [0.717, 1.165) is 26.2 Å². The van der Waals surface area contributed by atoms with Gasteiger partial charge in [0.15, 0.2) is 0 Å². The molecule has 10 heavy (non-hydrogen) atoms. The fourth-order valence-electron chi connectivity index (χ4n) is 1.03. The summed E-state index contributed by atoms with van der Waals surface area (Å²) in [6.07, 6.45) is 1.10. The molecule has 0 aliphatic carbocycles. The van der Waals surface area contributed by atoms with Crippen LogP contribution in [0.1, 0.15) is 6.42 Å². The molecular weight excluding hydrogens is 132 g/mol. The van der Waals surface area contributed by atoms with Gasteiger partial charge < -0.3 is 14.6 Å². The maximum absolute atomic E-state index is 8.38. The van der Waals surface area contributed by atoms with Crippen molar-refractivity contribution in [3.63, 3.8) is 0 Å². The summed E-state index contributed by atoms with van der Waals surface area (Å²) in [5.41, 5.74) is 0. The molecule has 3 heteroatoms. The molecule has 1 unspecified atom stereocenters. The van der Waals surface area contributed by atoms with Crippen LogP contribution >= 0.6 is 0 Å². The third-order valence-electron chi connectivity index (χ3n) is 1.61. The van der Waals surface area contributed by atoms with Crippen LogP contribution in [0.2, 0.25) is 0 Å². The summed E-state index contributed by atoms with van der Waals surface area (Å²) in [4.78, 5) is 0. The Balaban J connectivity index is 1.91. The number of rotatable bonds is 4. The second kappa shape index (κ2) is 4.66. The molecule has 0 saturated carbocycles. The lowest BCUT2D eigenvalue weighted by molar-refractivity contribution is 0.0628. The molecule has 1 aliphatic rings. The quantitative estimate of drug-likeness (QED) is 0.569. The molecule has 0 aromatic rings. The van der Waals surface area contributed by atoms with Gasteiger partial charge >= 0.3 is 0 Å². The average Bonchev–Trinajstić information content (AvgIpc) is 2.41. The normalized spacial score (nSPS) is 25.5. The first kappa shape index (κ1) is 7.98. The second-order valence-electron chi connectivity index (χ2n) is 2.53. The van der Waals surface area contributed by atoms with Crippen LogP contribution in [-0.4, -0.2) is 38.1 Å². The summed E-state index contributed by atoms with van der Waals surface area (Å²) in [6, 6.07) is 0. The van der Waals surface area contributed by atoms with Crippen molar-refractivity contribution in [3.05, 3.63) is 0 Å². The number of ether oxygens (including phenoxy) is 2. The second-order valence-corrected chi connectivity index (χ2v) is 2.53. The topological polar surface area (TPSA) is 38.7 Å². The van der Waals surface area contributed by atoms with Gasteiger partial charge in [0.05, 0.1) is 26.4 Å². The number of hydrogen-bond acceptors (Lipinski definition) is 3. The van der Waals surface area contributed by atoms with Crippen molar-refractivity contribution in [2.75, 3.05) is 33.0 Å². The number of hydrogen-bond donors (Lipinski definition) is 1. The molecule has 60 valence electrons. The van der Waals surface area contributed by atoms with Crippen LogP contribution in [0.15, 0.2) is 0 Å². The molecular formula is C7H14O3. The van der Waals surface area contributed by atoms with Crippen LogP contribution in [0.5, 0.6) is 0 Å². The van der Waals surface area contributed by atoms with Crippen LogP contribution in [0, 0.1) is 5.92 Å². The molecule has 0 aromatic heterocycles. The Hall–Kier alpha value is -0.120. The summed E-state index contributed by atoms with van der Waals surface area (Å²) in [6.45, 7) is 3.00. The zero-order valence-electron chi connectivity index (χ0n) is 6.08. The van der Waals surface area contributed by atoms with E-state index < -0.39 is 0 Å². The van der Waals surface area contributed by atoms with Gasteiger partial charge in [0.25, 0.3) is 0 Å². The smallest absolute Gasteiger partial charge is 0.0697 e. The highest BCUT2D eigenvalue weighted by Gasteiger charge is 2.14. The standard InChI is InChI=1S/C7H14O3/c8-2-4-10-6-7-1-3-9-5-7/h7-8H,1-6H2. The first-order chi connectivity index (χ1) is 4.93. The van der Waals surface area contributed by atoms with Crippen LogP contribution in [0.4, 0.5) is 0 Å². The van der Waals surface area contributed by atoms with Crippen molar-refractivity contribution in [1.82, 2.24) is 0 Å². The van der Waals surface area contributed by atoms with Gasteiger partial charge in [0.1, 0.15) is 0 Å². The molecule has 0 amide bonds. The lowest BCUT2D eigenvalue weighted by Crippen LogP contribution is -2.11. The van der Waals surface area contributed by atoms with Gasteiger partial charge in [-0.05, 0) is 6.42 Å². The zero-order valence-corrected chi connectivity index (χ0v) is 6.08. The van der Waals surface area contributed by atoms with Gasteiger partial charge in [-0.2, -0.15) is 0 Å². The summed E-state index contributed by atoms with van der Waals surface area (Å²) < 4.78 is 10.3. The summed E-state index contributed by atoms with van der Waals surface area (Å²) in [7, 11) is 0. The zero-order chi connectivity index (χ0) is 7.23. The van der Waals surface area contributed by atoms with Gasteiger partial charge in [-0.1, -0.05) is 0 Å². The Kier molecular flexibility index (Phi) is 3.72. The van der Waals surface area contributed by atoms with Crippen molar-refractivity contribution in [3.8, 4) is 0 Å². The molecule has 1 N–H and O–H groups in total. The Morgan fingerprint density at radius 1 is 1.60 bits per heavy atom. The van der Waals surface area contributed by atoms with E-state index in [4.69, 9.17) is 14.6 Å². The third-order valence-corrected chi connectivity index (χ3v) is 1.61. The highest BCUT2D eigenvalue weighted by Crippen LogP contribution is 2.11. The van der Waals surface area contributed by atoms with E-state index in [1.165, 1.54) is 0 Å². The van der Waals surface area contributed by atoms with Crippen LogP contribution in [0.3, 0.4) is 0 Å². The van der Waals surface area contributed by atoms with Crippen LogP contribution in [0.25, 0.3) is 0 Å². The molecule has 1 atom stereocenters. The molecule has 0 bridgehead atoms. The minimum atomic E-state index is 0.119. The predicted molar refractivity (Wildman–Crippen MR) is 36.8 cm³/mol. The molecule has 1 heterocycles. The monoisotopic (exact) mass is 146 g/mol. The Morgan fingerprint density at radius 3 is 3.10 bits per heavy atom. The minimum absolute atomic E-state index is 0.119. The third kappa shape index (κ3) is 2.64. The van der Waals surface area contributed by atoms with E-state index in [9.17, 15) is 0 Å². The molecule has 0 aromatic carbocycles. The SMILES string of the molecule is OCCOCC1CCOC1. The lowest BCUT2D eigenvalue weighted by Gasteiger charge is -2.06. The molecule has 0 radical (unpaired) electrons. The Morgan fingerprint density at radius 2 is 2.50 bits per heavy atom. The molecule has 1 aliphatic heterocycles. The number of aliphatic hydroxyl groups excluding tert-OH is 1. The summed E-state index contributed by atoms with van der Waals surface area (Å²) >= 11 is 0. The van der Waals surface area contributed by atoms with Crippen LogP contribution < -0.4 is 0 Å². The van der Waals surface area contributed by atoms with E-state index >= 15 is 0 Å². The number of aliphatic hydroxyl groups is 1. The summed E-state index contributed by atoms with van der Waals surface area (Å²) in [5.74, 6) is 0.562. The molecule has 1 fully saturated rings. The van der Waals surface area contributed by atoms with E-state index in [0.29, 0.717) is 12.5 Å². The van der Waals surface area contributed by atoms with E-state index in [-0.39, 0.29) is 6.61 Å². The Labute approximate surface area is 60.9 Å². The average molecular weight is 146 g/mol. The maximum Gasteiger partial charge on any atom is 0.0697 e. The van der Waals surface area contributed by atoms with Crippen molar-refractivity contribution in [1.29, 1.82) is 0 Å². The fraction of sp³-hybridized carbons (Fsp3) is 1.00. The highest BCUT2D eigenvalue weighted by molar-refractivity contribution is 4.62. The van der Waals surface area contributed by atoms with E-state index in [2.05, 4.69) is 0 Å². The first-order valence-electron chi connectivity index (χ1n) is 3.70. The Bertz CT molecular complexity index is 78.9. The van der Waals surface area contributed by atoms with Gasteiger partial charge in [0.2, 0.25) is 0 Å². The summed E-state index contributed by atoms with van der Waals surface area (Å²) in [5, 5.41) is 8.38. The van der Waals surface area contributed by atoms with Gasteiger partial charge in [-0.3, -0.25) is 0 Å². The van der Waals surface area contributed by atoms with E-state index in [1.54, 1.807) is 0 Å². The molecule has 1 saturated heterocycles. The molecule has 1 rings (SSSR count). The van der Waals surface area contributed by atoms with Crippen molar-refractivity contribution < 1.29 is 14.6 Å². The maximum atomic E-state index is 8.38. The van der Waals surface area contributed by atoms with Gasteiger partial charge in [-0.15, -0.1) is 0 Å².